The van der Waals surface area contributed by atoms with E-state index in [4.69, 9.17) is 4.42 Å². The van der Waals surface area contributed by atoms with Crippen molar-refractivity contribution >= 4 is 11.1 Å². The van der Waals surface area contributed by atoms with Gasteiger partial charge in [0.2, 0.25) is 0 Å². The van der Waals surface area contributed by atoms with Gasteiger partial charge in [0.15, 0.2) is 5.58 Å². The molecule has 2 nitrogen and oxygen atoms in total. The third kappa shape index (κ3) is 1.07. The summed E-state index contributed by atoms with van der Waals surface area (Å²) in [6, 6.07) is 5.50. The van der Waals surface area contributed by atoms with E-state index in [0.717, 1.165) is 12.0 Å². The third-order valence-electron chi connectivity index (χ3n) is 1.83. The molecule has 1 heterocycles. The van der Waals surface area contributed by atoms with Gasteiger partial charge >= 0.3 is 6.14 Å². The van der Waals surface area contributed by atoms with Gasteiger partial charge in [0.1, 0.15) is 5.52 Å². The minimum atomic E-state index is -0.766. The molecule has 2 rings (SSSR count). The number of hydrogen-bond acceptors (Lipinski definition) is 2. The molecule has 0 amide bonds. The largest absolute Gasteiger partial charge is 0.415 e. The summed E-state index contributed by atoms with van der Waals surface area (Å²) in [7, 11) is 0. The Morgan fingerprint density at radius 1 is 1.50 bits per heavy atom. The second-order valence-corrected chi connectivity index (χ2v) is 2.62. The van der Waals surface area contributed by atoms with Gasteiger partial charge in [0.05, 0.1) is 0 Å². The first-order valence-electron chi connectivity index (χ1n) is 3.84. The van der Waals surface area contributed by atoms with Crippen molar-refractivity contribution in [3.8, 4) is 0 Å². The first-order valence-corrected chi connectivity index (χ1v) is 3.84. The zero-order chi connectivity index (χ0) is 8.55. The summed E-state index contributed by atoms with van der Waals surface area (Å²) in [5, 5.41) is 0. The van der Waals surface area contributed by atoms with Crippen LogP contribution in [-0.2, 0) is 6.42 Å². The van der Waals surface area contributed by atoms with Gasteiger partial charge in [-0.25, -0.2) is 0 Å². The van der Waals surface area contributed by atoms with E-state index in [-0.39, 0.29) is 0 Å². The van der Waals surface area contributed by atoms with E-state index in [1.165, 1.54) is 0 Å². The van der Waals surface area contributed by atoms with Crippen LogP contribution in [0.3, 0.4) is 0 Å². The van der Waals surface area contributed by atoms with E-state index in [0.29, 0.717) is 11.1 Å². The summed E-state index contributed by atoms with van der Waals surface area (Å²) in [6.07, 6.45) is 0.149. The predicted molar refractivity (Wildman–Crippen MR) is 43.3 cm³/mol. The molecular weight excluding hydrogens is 157 g/mol. The van der Waals surface area contributed by atoms with Gasteiger partial charge in [0.25, 0.3) is 0 Å². The zero-order valence-corrected chi connectivity index (χ0v) is 6.67. The number of benzene rings is 1. The number of aryl methyl sites for hydroxylation is 1. The number of nitrogens with zero attached hydrogens (tertiary/aromatic N) is 1. The molecule has 0 atom stereocenters. The molecule has 0 saturated carbocycles. The Morgan fingerprint density at radius 2 is 2.33 bits per heavy atom. The van der Waals surface area contributed by atoms with Crippen molar-refractivity contribution in [3.05, 3.63) is 29.9 Å². The highest BCUT2D eigenvalue weighted by Gasteiger charge is 2.03. The Balaban J connectivity index is 2.66. The molecule has 3 heteroatoms. The Bertz CT molecular complexity index is 408. The van der Waals surface area contributed by atoms with Gasteiger partial charge in [-0.3, -0.25) is 0 Å². The predicted octanol–water partition coefficient (Wildman–Crippen LogP) is 2.53. The summed E-state index contributed by atoms with van der Waals surface area (Å²) in [5.74, 6) is 0. The molecule has 1 aromatic carbocycles. The van der Waals surface area contributed by atoms with E-state index in [2.05, 4.69) is 4.98 Å². The van der Waals surface area contributed by atoms with Crippen LogP contribution >= 0.6 is 0 Å². The molecule has 0 N–H and O–H groups in total. The quantitative estimate of drug-likeness (QED) is 0.649. The second kappa shape index (κ2) is 2.59. The highest BCUT2D eigenvalue weighted by Crippen LogP contribution is 2.16. The van der Waals surface area contributed by atoms with Crippen LogP contribution < -0.4 is 0 Å². The third-order valence-corrected chi connectivity index (χ3v) is 1.83. The summed E-state index contributed by atoms with van der Waals surface area (Å²) >= 11 is 0. The Labute approximate surface area is 69.0 Å². The average molecular weight is 165 g/mol. The maximum absolute atomic E-state index is 12.5. The first kappa shape index (κ1) is 7.28. The summed E-state index contributed by atoms with van der Waals surface area (Å²) in [5.41, 5.74) is 2.22. The van der Waals surface area contributed by atoms with Crippen molar-refractivity contribution in [2.45, 2.75) is 13.3 Å². The molecule has 0 unspecified atom stereocenters. The summed E-state index contributed by atoms with van der Waals surface area (Å²) in [6.45, 7) is 2.04. The van der Waals surface area contributed by atoms with E-state index in [1.807, 2.05) is 19.1 Å². The maximum Gasteiger partial charge on any atom is 0.382 e. The van der Waals surface area contributed by atoms with E-state index in [1.54, 1.807) is 6.07 Å². The van der Waals surface area contributed by atoms with Crippen LogP contribution in [0.15, 0.2) is 22.6 Å². The zero-order valence-electron chi connectivity index (χ0n) is 6.67. The standard InChI is InChI=1S/C9H8FNO/c1-2-6-3-4-7-8(5-6)12-9(10)11-7/h3-5H,2H2,1H3. The molecule has 12 heavy (non-hydrogen) atoms. The smallest absolute Gasteiger partial charge is 0.382 e. The van der Waals surface area contributed by atoms with E-state index in [9.17, 15) is 4.39 Å². The lowest BCUT2D eigenvalue weighted by Crippen LogP contribution is -1.77. The minimum Gasteiger partial charge on any atom is -0.415 e. The lowest BCUT2D eigenvalue weighted by molar-refractivity contribution is 0.355. The molecule has 0 fully saturated rings. The number of aromatic nitrogens is 1. The topological polar surface area (TPSA) is 26.0 Å². The number of halogens is 1. The van der Waals surface area contributed by atoms with Crippen LogP contribution in [0.25, 0.3) is 11.1 Å². The highest BCUT2D eigenvalue weighted by atomic mass is 19.1. The molecule has 2 aromatic rings. The molecule has 0 aliphatic rings. The molecule has 0 aliphatic heterocycles. The van der Waals surface area contributed by atoms with Crippen LogP contribution in [-0.4, -0.2) is 4.98 Å². The molecule has 0 spiro atoms. The molecule has 1 aromatic heterocycles. The van der Waals surface area contributed by atoms with Gasteiger partial charge < -0.3 is 4.42 Å². The van der Waals surface area contributed by atoms with Crippen LogP contribution in [0.4, 0.5) is 4.39 Å². The summed E-state index contributed by atoms with van der Waals surface area (Å²) in [4.78, 5) is 3.56. The molecule has 0 radical (unpaired) electrons. The monoisotopic (exact) mass is 165 g/mol. The van der Waals surface area contributed by atoms with Gasteiger partial charge in [0, 0.05) is 0 Å². The van der Waals surface area contributed by atoms with Crippen molar-refractivity contribution in [2.24, 2.45) is 0 Å². The number of hydrogen-bond donors (Lipinski definition) is 0. The van der Waals surface area contributed by atoms with E-state index >= 15 is 0 Å². The van der Waals surface area contributed by atoms with Crippen LogP contribution in [0.2, 0.25) is 0 Å². The van der Waals surface area contributed by atoms with Crippen LogP contribution in [0.1, 0.15) is 12.5 Å². The van der Waals surface area contributed by atoms with Crippen molar-refractivity contribution in [3.63, 3.8) is 0 Å². The Morgan fingerprint density at radius 3 is 3.08 bits per heavy atom. The number of rotatable bonds is 1. The fraction of sp³-hybridized carbons (Fsp3) is 0.222. The van der Waals surface area contributed by atoms with E-state index < -0.39 is 6.14 Å². The lowest BCUT2D eigenvalue weighted by Gasteiger charge is -1.92. The average Bonchev–Trinajstić information content (AvgIpc) is 2.43. The first-order chi connectivity index (χ1) is 5.79. The molecule has 62 valence electrons. The maximum atomic E-state index is 12.5. The minimum absolute atomic E-state index is 0.520. The van der Waals surface area contributed by atoms with Crippen molar-refractivity contribution < 1.29 is 8.81 Å². The highest BCUT2D eigenvalue weighted by molar-refractivity contribution is 5.72. The Hall–Kier alpha value is -1.38. The van der Waals surface area contributed by atoms with Gasteiger partial charge in [-0.15, -0.1) is 4.39 Å². The van der Waals surface area contributed by atoms with Gasteiger partial charge in [-0.1, -0.05) is 13.0 Å². The van der Waals surface area contributed by atoms with Gasteiger partial charge in [-0.05, 0) is 24.1 Å². The second-order valence-electron chi connectivity index (χ2n) is 2.62. The molecule has 0 saturated heterocycles. The fourth-order valence-electron chi connectivity index (χ4n) is 1.16. The SMILES string of the molecule is CCc1ccc2nc(F)oc2c1. The van der Waals surface area contributed by atoms with Crippen LogP contribution in [0, 0.1) is 6.14 Å². The molecular formula is C9H8FNO. The summed E-state index contributed by atoms with van der Waals surface area (Å²) < 4.78 is 17.2. The molecule has 0 aliphatic carbocycles. The fourth-order valence-corrected chi connectivity index (χ4v) is 1.16. The number of fused-ring (bicyclic) bond motifs is 1. The van der Waals surface area contributed by atoms with Crippen LogP contribution in [0.5, 0.6) is 0 Å². The lowest BCUT2D eigenvalue weighted by atomic mass is 10.2. The Kier molecular flexibility index (Phi) is 1.57. The van der Waals surface area contributed by atoms with Crippen molar-refractivity contribution in [2.75, 3.05) is 0 Å². The number of oxazole rings is 1. The normalized spacial score (nSPS) is 10.8. The van der Waals surface area contributed by atoms with Crippen molar-refractivity contribution in [1.29, 1.82) is 0 Å². The van der Waals surface area contributed by atoms with Crippen molar-refractivity contribution in [1.82, 2.24) is 4.98 Å². The molecule has 0 bridgehead atoms. The van der Waals surface area contributed by atoms with Gasteiger partial charge in [-0.2, -0.15) is 4.98 Å².